The van der Waals surface area contributed by atoms with Crippen LogP contribution in [0.2, 0.25) is 0 Å². The van der Waals surface area contributed by atoms with Gasteiger partial charge in [-0.05, 0) is 44.0 Å². The van der Waals surface area contributed by atoms with Crippen molar-refractivity contribution < 1.29 is 0 Å². The summed E-state index contributed by atoms with van der Waals surface area (Å²) in [6, 6.07) is 8.46. The third-order valence-corrected chi connectivity index (χ3v) is 3.64. The van der Waals surface area contributed by atoms with Crippen LogP contribution in [0.4, 0.5) is 0 Å². The van der Waals surface area contributed by atoms with Gasteiger partial charge in [-0.2, -0.15) is 5.10 Å². The molecule has 0 aliphatic carbocycles. The molecular weight excluding hydrogens is 264 g/mol. The van der Waals surface area contributed by atoms with E-state index >= 15 is 0 Å². The van der Waals surface area contributed by atoms with Crippen molar-refractivity contribution in [2.75, 3.05) is 0 Å². The van der Waals surface area contributed by atoms with Gasteiger partial charge in [-0.15, -0.1) is 0 Å². The first-order valence-corrected chi connectivity index (χ1v) is 6.43. The molecule has 2 rings (SSSR count). The number of hydrogen-bond acceptors (Lipinski definition) is 1. The monoisotopic (exact) mass is 278 g/mol. The van der Waals surface area contributed by atoms with E-state index in [-0.39, 0.29) is 0 Å². The molecule has 1 aromatic carbocycles. The van der Waals surface area contributed by atoms with E-state index < -0.39 is 0 Å². The summed E-state index contributed by atoms with van der Waals surface area (Å²) in [5.74, 6) is 0. The second kappa shape index (κ2) is 4.42. The van der Waals surface area contributed by atoms with Crippen LogP contribution in [-0.2, 0) is 5.33 Å². The maximum atomic E-state index is 4.54. The van der Waals surface area contributed by atoms with Crippen molar-refractivity contribution in [3.63, 3.8) is 0 Å². The smallest absolute Gasteiger partial charge is 0.0649 e. The molecule has 0 spiro atoms. The molecule has 0 amide bonds. The molecule has 2 nitrogen and oxygen atoms in total. The lowest BCUT2D eigenvalue weighted by Gasteiger charge is -2.05. The van der Waals surface area contributed by atoms with Gasteiger partial charge in [0.05, 0.1) is 11.4 Å². The number of aryl methyl sites for hydroxylation is 1. The average Bonchev–Trinajstić information content (AvgIpc) is 2.57. The Morgan fingerprint density at radius 2 is 1.75 bits per heavy atom. The van der Waals surface area contributed by atoms with Gasteiger partial charge in [0.2, 0.25) is 0 Å². The standard InChI is InChI=1S/C13H15BrN2/c1-9-10(2)15-16(11(9)3)13-6-4-12(8-14)5-7-13/h4-7H,8H2,1-3H3. The average molecular weight is 279 g/mol. The lowest BCUT2D eigenvalue weighted by molar-refractivity contribution is 0.833. The molecule has 2 aromatic rings. The Morgan fingerprint density at radius 1 is 1.12 bits per heavy atom. The molecule has 0 saturated carbocycles. The highest BCUT2D eigenvalue weighted by atomic mass is 79.9. The largest absolute Gasteiger partial charge is 0.238 e. The van der Waals surface area contributed by atoms with Gasteiger partial charge in [0, 0.05) is 11.0 Å². The normalized spacial score (nSPS) is 10.8. The van der Waals surface area contributed by atoms with Crippen molar-refractivity contribution in [1.82, 2.24) is 9.78 Å². The molecule has 0 fully saturated rings. The highest BCUT2D eigenvalue weighted by Crippen LogP contribution is 2.17. The van der Waals surface area contributed by atoms with E-state index in [1.165, 1.54) is 16.8 Å². The maximum Gasteiger partial charge on any atom is 0.0649 e. The van der Waals surface area contributed by atoms with Crippen molar-refractivity contribution in [2.45, 2.75) is 26.1 Å². The number of alkyl halides is 1. The first kappa shape index (κ1) is 11.4. The lowest BCUT2D eigenvalue weighted by atomic mass is 10.2. The van der Waals surface area contributed by atoms with Crippen LogP contribution >= 0.6 is 15.9 Å². The summed E-state index contributed by atoms with van der Waals surface area (Å²) in [7, 11) is 0. The number of rotatable bonds is 2. The summed E-state index contributed by atoms with van der Waals surface area (Å²) in [6.45, 7) is 6.26. The van der Waals surface area contributed by atoms with Crippen LogP contribution in [0.1, 0.15) is 22.5 Å². The first-order valence-electron chi connectivity index (χ1n) is 5.31. The zero-order chi connectivity index (χ0) is 11.7. The number of hydrogen-bond donors (Lipinski definition) is 0. The van der Waals surface area contributed by atoms with Crippen LogP contribution in [0.3, 0.4) is 0 Å². The first-order chi connectivity index (χ1) is 7.63. The van der Waals surface area contributed by atoms with Gasteiger partial charge in [-0.25, -0.2) is 4.68 Å². The van der Waals surface area contributed by atoms with E-state index in [1.54, 1.807) is 0 Å². The van der Waals surface area contributed by atoms with E-state index in [2.05, 4.69) is 59.1 Å². The molecule has 84 valence electrons. The minimum Gasteiger partial charge on any atom is -0.238 e. The van der Waals surface area contributed by atoms with E-state index in [9.17, 15) is 0 Å². The van der Waals surface area contributed by atoms with Crippen LogP contribution in [0.5, 0.6) is 0 Å². The minimum absolute atomic E-state index is 0.892. The fourth-order valence-corrected chi connectivity index (χ4v) is 2.07. The van der Waals surface area contributed by atoms with Crippen molar-refractivity contribution >= 4 is 15.9 Å². The summed E-state index contributed by atoms with van der Waals surface area (Å²) in [4.78, 5) is 0. The highest BCUT2D eigenvalue weighted by molar-refractivity contribution is 9.08. The molecule has 0 aliphatic rings. The Balaban J connectivity index is 2.46. The summed E-state index contributed by atoms with van der Waals surface area (Å²) in [5.41, 5.74) is 5.98. The fraction of sp³-hybridized carbons (Fsp3) is 0.308. The number of nitrogens with zero attached hydrogens (tertiary/aromatic N) is 2. The quantitative estimate of drug-likeness (QED) is 0.766. The summed E-state index contributed by atoms with van der Waals surface area (Å²) >= 11 is 3.45. The summed E-state index contributed by atoms with van der Waals surface area (Å²) < 4.78 is 2.00. The third-order valence-electron chi connectivity index (χ3n) is 2.99. The third kappa shape index (κ3) is 1.92. The zero-order valence-electron chi connectivity index (χ0n) is 9.79. The van der Waals surface area contributed by atoms with E-state index in [4.69, 9.17) is 0 Å². The molecule has 0 bridgehead atoms. The number of benzene rings is 1. The van der Waals surface area contributed by atoms with E-state index in [0.29, 0.717) is 0 Å². The summed E-state index contributed by atoms with van der Waals surface area (Å²) in [5, 5.41) is 5.43. The molecule has 3 heteroatoms. The van der Waals surface area contributed by atoms with Crippen LogP contribution in [0.25, 0.3) is 5.69 Å². The Labute approximate surface area is 104 Å². The molecule has 0 saturated heterocycles. The maximum absolute atomic E-state index is 4.54. The predicted octanol–water partition coefficient (Wildman–Crippen LogP) is 3.69. The van der Waals surface area contributed by atoms with Crippen LogP contribution < -0.4 is 0 Å². The molecule has 0 N–H and O–H groups in total. The van der Waals surface area contributed by atoms with Gasteiger partial charge in [-0.3, -0.25) is 0 Å². The second-order valence-corrected chi connectivity index (χ2v) is 4.57. The molecule has 16 heavy (non-hydrogen) atoms. The Kier molecular flexibility index (Phi) is 3.15. The zero-order valence-corrected chi connectivity index (χ0v) is 11.4. The van der Waals surface area contributed by atoms with E-state index in [1.807, 2.05) is 11.6 Å². The van der Waals surface area contributed by atoms with Gasteiger partial charge < -0.3 is 0 Å². The van der Waals surface area contributed by atoms with Gasteiger partial charge in [0.25, 0.3) is 0 Å². The Hall–Kier alpha value is -1.09. The van der Waals surface area contributed by atoms with Gasteiger partial charge in [0.15, 0.2) is 0 Å². The second-order valence-electron chi connectivity index (χ2n) is 4.01. The van der Waals surface area contributed by atoms with E-state index in [0.717, 1.165) is 16.7 Å². The molecule has 1 heterocycles. The van der Waals surface area contributed by atoms with Crippen molar-refractivity contribution in [3.8, 4) is 5.69 Å². The van der Waals surface area contributed by atoms with Crippen molar-refractivity contribution in [3.05, 3.63) is 46.8 Å². The lowest BCUT2D eigenvalue weighted by Crippen LogP contribution is -1.99. The predicted molar refractivity (Wildman–Crippen MR) is 70.4 cm³/mol. The fourth-order valence-electron chi connectivity index (χ4n) is 1.70. The number of halogens is 1. The molecule has 1 aromatic heterocycles. The molecule has 0 atom stereocenters. The molecule has 0 unspecified atom stereocenters. The molecule has 0 radical (unpaired) electrons. The molecular formula is C13H15BrN2. The highest BCUT2D eigenvalue weighted by Gasteiger charge is 2.08. The topological polar surface area (TPSA) is 17.8 Å². The number of aromatic nitrogens is 2. The minimum atomic E-state index is 0.892. The Morgan fingerprint density at radius 3 is 2.19 bits per heavy atom. The Bertz CT molecular complexity index is 497. The van der Waals surface area contributed by atoms with Crippen LogP contribution in [-0.4, -0.2) is 9.78 Å². The van der Waals surface area contributed by atoms with Crippen LogP contribution in [0, 0.1) is 20.8 Å². The van der Waals surface area contributed by atoms with Gasteiger partial charge in [0.1, 0.15) is 0 Å². The van der Waals surface area contributed by atoms with Crippen molar-refractivity contribution in [1.29, 1.82) is 0 Å². The van der Waals surface area contributed by atoms with Gasteiger partial charge in [-0.1, -0.05) is 28.1 Å². The van der Waals surface area contributed by atoms with Gasteiger partial charge >= 0.3 is 0 Å². The SMILES string of the molecule is Cc1nn(-c2ccc(CBr)cc2)c(C)c1C. The molecule has 0 aliphatic heterocycles. The summed E-state index contributed by atoms with van der Waals surface area (Å²) in [6.07, 6.45) is 0. The van der Waals surface area contributed by atoms with Crippen LogP contribution in [0.15, 0.2) is 24.3 Å². The van der Waals surface area contributed by atoms with Crippen molar-refractivity contribution in [2.24, 2.45) is 0 Å².